The maximum Gasteiger partial charge on any atom is 0.186 e. The predicted molar refractivity (Wildman–Crippen MR) is 60.9 cm³/mol. The lowest BCUT2D eigenvalue weighted by Gasteiger charge is -2.25. The van der Waals surface area contributed by atoms with Gasteiger partial charge in [-0.05, 0) is 26.2 Å². The van der Waals surface area contributed by atoms with Crippen molar-refractivity contribution < 1.29 is 0 Å². The maximum atomic E-state index is 5.40. The minimum absolute atomic E-state index is 0.977. The number of aryl methyl sites for hydroxylation is 1. The summed E-state index contributed by atoms with van der Waals surface area (Å²) in [4.78, 5) is 7.83. The van der Waals surface area contributed by atoms with Gasteiger partial charge in [-0.15, -0.1) is 6.42 Å². The fourth-order valence-corrected chi connectivity index (χ4v) is 2.67. The highest BCUT2D eigenvalue weighted by Gasteiger charge is 2.15. The monoisotopic (exact) mass is 206 g/mol. The lowest BCUT2D eigenvalue weighted by atomic mass is 10.1. The molecule has 1 aromatic rings. The van der Waals surface area contributed by atoms with Crippen molar-refractivity contribution in [1.82, 2.24) is 4.98 Å². The Kier molecular flexibility index (Phi) is 2.74. The summed E-state index contributed by atoms with van der Waals surface area (Å²) in [5, 5.41) is 1.11. The first kappa shape index (κ1) is 9.54. The molecule has 0 bridgehead atoms. The molecule has 0 saturated carbocycles. The van der Waals surface area contributed by atoms with Gasteiger partial charge in [-0.2, -0.15) is 0 Å². The van der Waals surface area contributed by atoms with E-state index in [0.717, 1.165) is 28.8 Å². The van der Waals surface area contributed by atoms with Crippen LogP contribution in [0.1, 0.15) is 29.8 Å². The van der Waals surface area contributed by atoms with Gasteiger partial charge in [0.1, 0.15) is 4.88 Å². The molecule has 1 saturated heterocycles. The number of hydrogen-bond acceptors (Lipinski definition) is 3. The van der Waals surface area contributed by atoms with Crippen LogP contribution in [0.25, 0.3) is 0 Å². The van der Waals surface area contributed by atoms with E-state index in [1.807, 2.05) is 6.92 Å². The van der Waals surface area contributed by atoms with Crippen LogP contribution in [0, 0.1) is 19.3 Å². The van der Waals surface area contributed by atoms with Crippen molar-refractivity contribution in [3.05, 3.63) is 10.6 Å². The van der Waals surface area contributed by atoms with Crippen LogP contribution in [0.5, 0.6) is 0 Å². The van der Waals surface area contributed by atoms with Crippen molar-refractivity contribution in [3.63, 3.8) is 0 Å². The van der Waals surface area contributed by atoms with E-state index in [0.29, 0.717) is 0 Å². The second-order valence-electron chi connectivity index (χ2n) is 3.60. The molecule has 0 N–H and O–H groups in total. The van der Waals surface area contributed by atoms with Gasteiger partial charge in [0.25, 0.3) is 0 Å². The molecule has 0 aliphatic carbocycles. The van der Waals surface area contributed by atoms with E-state index in [1.165, 1.54) is 19.3 Å². The van der Waals surface area contributed by atoms with E-state index in [2.05, 4.69) is 15.8 Å². The summed E-state index contributed by atoms with van der Waals surface area (Å²) < 4.78 is 0. The number of piperidine rings is 1. The van der Waals surface area contributed by atoms with Crippen LogP contribution < -0.4 is 4.90 Å². The molecule has 14 heavy (non-hydrogen) atoms. The number of hydrogen-bond donors (Lipinski definition) is 0. The molecule has 0 aromatic carbocycles. The second kappa shape index (κ2) is 4.02. The zero-order chi connectivity index (χ0) is 9.97. The number of nitrogens with zero attached hydrogens (tertiary/aromatic N) is 2. The van der Waals surface area contributed by atoms with E-state index in [4.69, 9.17) is 6.42 Å². The molecule has 1 fully saturated rings. The largest absolute Gasteiger partial charge is 0.348 e. The highest BCUT2D eigenvalue weighted by molar-refractivity contribution is 7.16. The summed E-state index contributed by atoms with van der Waals surface area (Å²) >= 11 is 1.64. The van der Waals surface area contributed by atoms with Crippen LogP contribution in [0.3, 0.4) is 0 Å². The number of thiazole rings is 1. The van der Waals surface area contributed by atoms with Gasteiger partial charge in [-0.25, -0.2) is 4.98 Å². The van der Waals surface area contributed by atoms with Gasteiger partial charge in [0, 0.05) is 13.1 Å². The summed E-state index contributed by atoms with van der Waals surface area (Å²) in [6.07, 6.45) is 9.31. The molecule has 2 heterocycles. The van der Waals surface area contributed by atoms with Crippen molar-refractivity contribution in [2.24, 2.45) is 0 Å². The Balaban J connectivity index is 2.19. The molecule has 1 aliphatic rings. The van der Waals surface area contributed by atoms with Crippen LogP contribution >= 0.6 is 11.3 Å². The second-order valence-corrected chi connectivity index (χ2v) is 4.58. The summed E-state index contributed by atoms with van der Waals surface area (Å²) in [7, 11) is 0. The fraction of sp³-hybridized carbons (Fsp3) is 0.545. The fourth-order valence-electron chi connectivity index (χ4n) is 1.74. The topological polar surface area (TPSA) is 16.1 Å². The minimum atomic E-state index is 0.977. The predicted octanol–water partition coefficient (Wildman–Crippen LogP) is 2.42. The maximum absolute atomic E-state index is 5.40. The van der Waals surface area contributed by atoms with Gasteiger partial charge in [0.2, 0.25) is 0 Å². The van der Waals surface area contributed by atoms with Crippen LogP contribution in [0.2, 0.25) is 0 Å². The van der Waals surface area contributed by atoms with Crippen LogP contribution in [0.15, 0.2) is 0 Å². The van der Waals surface area contributed by atoms with E-state index in [1.54, 1.807) is 11.3 Å². The summed E-state index contributed by atoms with van der Waals surface area (Å²) in [5.74, 6) is 2.68. The van der Waals surface area contributed by atoms with Gasteiger partial charge in [-0.3, -0.25) is 0 Å². The van der Waals surface area contributed by atoms with Crippen LogP contribution in [-0.4, -0.2) is 18.1 Å². The van der Waals surface area contributed by atoms with Crippen LogP contribution in [0.4, 0.5) is 5.13 Å². The van der Waals surface area contributed by atoms with E-state index in [9.17, 15) is 0 Å². The summed E-state index contributed by atoms with van der Waals surface area (Å²) in [5.41, 5.74) is 0.998. The molecule has 1 aliphatic heterocycles. The third kappa shape index (κ3) is 1.76. The standard InChI is InChI=1S/C11H14N2S/c1-3-10-9(2)12-11(14-10)13-7-5-4-6-8-13/h1H,4-8H2,2H3. The van der Waals surface area contributed by atoms with Gasteiger partial charge >= 0.3 is 0 Å². The third-order valence-electron chi connectivity index (χ3n) is 2.54. The van der Waals surface area contributed by atoms with Crippen molar-refractivity contribution in [2.45, 2.75) is 26.2 Å². The summed E-state index contributed by atoms with van der Waals surface area (Å²) in [6.45, 7) is 4.26. The van der Waals surface area contributed by atoms with Gasteiger partial charge in [0.15, 0.2) is 5.13 Å². The van der Waals surface area contributed by atoms with Crippen molar-refractivity contribution >= 4 is 16.5 Å². The highest BCUT2D eigenvalue weighted by Crippen LogP contribution is 2.27. The normalized spacial score (nSPS) is 16.7. The Hall–Kier alpha value is -1.01. The van der Waals surface area contributed by atoms with Crippen molar-refractivity contribution in [3.8, 4) is 12.3 Å². The van der Waals surface area contributed by atoms with Crippen molar-refractivity contribution in [1.29, 1.82) is 0 Å². The SMILES string of the molecule is C#Cc1sc(N2CCCCC2)nc1C. The zero-order valence-electron chi connectivity index (χ0n) is 8.42. The first-order valence-corrected chi connectivity index (χ1v) is 5.82. The highest BCUT2D eigenvalue weighted by atomic mass is 32.1. The molecule has 0 radical (unpaired) electrons. The molecule has 0 atom stereocenters. The number of rotatable bonds is 1. The Labute approximate surface area is 89.0 Å². The first-order valence-electron chi connectivity index (χ1n) is 5.00. The average Bonchev–Trinajstić information content (AvgIpc) is 2.61. The van der Waals surface area contributed by atoms with Gasteiger partial charge < -0.3 is 4.90 Å². The molecule has 74 valence electrons. The molecule has 0 amide bonds. The van der Waals surface area contributed by atoms with E-state index >= 15 is 0 Å². The van der Waals surface area contributed by atoms with E-state index < -0.39 is 0 Å². The average molecular weight is 206 g/mol. The van der Waals surface area contributed by atoms with E-state index in [-0.39, 0.29) is 0 Å². The number of anilines is 1. The zero-order valence-corrected chi connectivity index (χ0v) is 9.23. The molecule has 0 spiro atoms. The molecular formula is C11H14N2S. The Morgan fingerprint density at radius 1 is 1.36 bits per heavy atom. The molecule has 0 unspecified atom stereocenters. The quantitative estimate of drug-likeness (QED) is 0.656. The van der Waals surface area contributed by atoms with Gasteiger partial charge in [0.05, 0.1) is 5.69 Å². The number of aromatic nitrogens is 1. The minimum Gasteiger partial charge on any atom is -0.348 e. The lowest BCUT2D eigenvalue weighted by Crippen LogP contribution is -2.29. The molecule has 1 aromatic heterocycles. The Morgan fingerprint density at radius 2 is 2.07 bits per heavy atom. The summed E-state index contributed by atoms with van der Waals surface area (Å²) in [6, 6.07) is 0. The molecule has 3 heteroatoms. The molecule has 2 rings (SSSR count). The number of terminal acetylenes is 1. The van der Waals surface area contributed by atoms with Crippen LogP contribution in [-0.2, 0) is 0 Å². The van der Waals surface area contributed by atoms with Crippen molar-refractivity contribution in [2.75, 3.05) is 18.0 Å². The first-order chi connectivity index (χ1) is 6.81. The lowest BCUT2D eigenvalue weighted by molar-refractivity contribution is 0.576. The Morgan fingerprint density at radius 3 is 2.64 bits per heavy atom. The molecular weight excluding hydrogens is 192 g/mol. The Bertz CT molecular complexity index is 356. The molecule has 2 nitrogen and oxygen atoms in total. The smallest absolute Gasteiger partial charge is 0.186 e. The third-order valence-corrected chi connectivity index (χ3v) is 3.69. The van der Waals surface area contributed by atoms with Gasteiger partial charge in [-0.1, -0.05) is 17.3 Å².